The second kappa shape index (κ2) is 59.9. The number of carbonyl (C=O) groups excluding carboxylic acids is 1. The van der Waals surface area contributed by atoms with Gasteiger partial charge in [0, 0.05) is 6.42 Å². The summed E-state index contributed by atoms with van der Waals surface area (Å²) in [6.07, 6.45) is 60.8. The Morgan fingerprint density at radius 1 is 0.393 bits per heavy atom. The first kappa shape index (κ1) is 83.3. The maximum atomic E-state index is 13.3. The molecule has 9 N–H and O–H groups in total. The molecular weight excluding hydrogens is 1120 g/mol. The average molecular weight is 1260 g/mol. The van der Waals surface area contributed by atoms with E-state index in [2.05, 4.69) is 43.5 Å². The number of allylic oxidation sites excluding steroid dienone is 5. The van der Waals surface area contributed by atoms with Gasteiger partial charge < -0.3 is 65.1 Å². The molecule has 0 saturated carbocycles. The normalized spacial score (nSPS) is 23.2. The SMILES string of the molecule is CCCCCCCCCC/C=C\CCCCCCCCCCCCCCCC(=O)NC(COC1OC(CO)C(OC2OC(CO)C(O)C(O)C2O)C(O)C1O)C(O)/C=C/CC/C=C/CCCCCCCCCCCCCCCCCCCCCCCCCC. The second-order valence-electron chi connectivity index (χ2n) is 26.8. The third-order valence-electron chi connectivity index (χ3n) is 18.5. The van der Waals surface area contributed by atoms with E-state index >= 15 is 0 Å². The van der Waals surface area contributed by atoms with Crippen molar-refractivity contribution in [3.63, 3.8) is 0 Å². The van der Waals surface area contributed by atoms with Gasteiger partial charge in [-0.1, -0.05) is 314 Å². The summed E-state index contributed by atoms with van der Waals surface area (Å²) in [4.78, 5) is 13.3. The number of aliphatic hydroxyl groups is 8. The number of amides is 1. The zero-order chi connectivity index (χ0) is 64.5. The molecule has 1 amide bonds. The van der Waals surface area contributed by atoms with Gasteiger partial charge in [-0.15, -0.1) is 0 Å². The molecule has 2 rings (SSSR count). The molecule has 524 valence electrons. The maximum Gasteiger partial charge on any atom is 0.220 e. The van der Waals surface area contributed by atoms with Gasteiger partial charge in [0.1, 0.15) is 48.8 Å². The lowest BCUT2D eigenvalue weighted by Gasteiger charge is -2.46. The van der Waals surface area contributed by atoms with Crippen LogP contribution in [0.25, 0.3) is 0 Å². The molecule has 2 fully saturated rings. The quantitative estimate of drug-likeness (QED) is 0.0204. The van der Waals surface area contributed by atoms with Gasteiger partial charge in [-0.05, 0) is 57.8 Å². The summed E-state index contributed by atoms with van der Waals surface area (Å²) < 4.78 is 22.9. The van der Waals surface area contributed by atoms with Crippen LogP contribution in [0.1, 0.15) is 341 Å². The largest absolute Gasteiger partial charge is 0.394 e. The first-order chi connectivity index (χ1) is 43.6. The number of unbranched alkanes of at least 4 members (excludes halogenated alkanes) is 46. The Morgan fingerprint density at radius 2 is 0.719 bits per heavy atom. The molecule has 12 unspecified atom stereocenters. The fourth-order valence-electron chi connectivity index (χ4n) is 12.5. The Bertz CT molecular complexity index is 1630. The van der Waals surface area contributed by atoms with E-state index in [-0.39, 0.29) is 18.9 Å². The lowest BCUT2D eigenvalue weighted by atomic mass is 9.97. The molecule has 2 aliphatic rings. The van der Waals surface area contributed by atoms with E-state index in [1.165, 1.54) is 276 Å². The molecule has 0 aliphatic carbocycles. The smallest absolute Gasteiger partial charge is 0.220 e. The minimum Gasteiger partial charge on any atom is -0.394 e. The Labute approximate surface area is 544 Å². The molecule has 14 heteroatoms. The standard InChI is InChI=1S/C75H141NO13/c1-3-5-7-9-11-13-15-17-19-21-23-25-27-29-30-31-32-33-35-36-38-40-42-44-46-48-50-52-54-56-58-64(79)63(62-86-74-72(85)70(83)73(66(61-78)88-74)89-75-71(84)69(82)68(81)65(60-77)87-75)76-67(80)59-57-55-53-51-49-47-45-43-41-39-37-34-28-26-24-22-20-18-16-14-12-10-8-6-4-2/h22,24,48,50,56,58,63-66,68-75,77-79,81-85H,3-21,23,25-47,49,51-55,57,59-62H2,1-2H3,(H,76,80)/b24-22-,50-48+,58-56+. The highest BCUT2D eigenvalue weighted by Crippen LogP contribution is 2.30. The van der Waals surface area contributed by atoms with Crippen LogP contribution in [0.4, 0.5) is 0 Å². The summed E-state index contributed by atoms with van der Waals surface area (Å²) in [6, 6.07) is -0.932. The number of aliphatic hydroxyl groups excluding tert-OH is 8. The van der Waals surface area contributed by atoms with Crippen LogP contribution in [0, 0.1) is 0 Å². The second-order valence-corrected chi connectivity index (χ2v) is 26.8. The fraction of sp³-hybridized carbons (Fsp3) is 0.907. The minimum absolute atomic E-state index is 0.244. The molecule has 0 spiro atoms. The van der Waals surface area contributed by atoms with Crippen molar-refractivity contribution in [1.29, 1.82) is 0 Å². The number of carbonyl (C=O) groups is 1. The maximum absolute atomic E-state index is 13.3. The van der Waals surface area contributed by atoms with E-state index < -0.39 is 86.8 Å². The number of hydrogen-bond donors (Lipinski definition) is 9. The first-order valence-corrected chi connectivity index (χ1v) is 37.7. The van der Waals surface area contributed by atoms with Gasteiger partial charge in [0.15, 0.2) is 12.6 Å². The molecule has 0 aromatic heterocycles. The average Bonchev–Trinajstić information content (AvgIpc) is 1.37. The van der Waals surface area contributed by atoms with Gasteiger partial charge >= 0.3 is 0 Å². The van der Waals surface area contributed by atoms with Crippen molar-refractivity contribution in [2.75, 3.05) is 19.8 Å². The zero-order valence-electron chi connectivity index (χ0n) is 57.2. The van der Waals surface area contributed by atoms with Crippen molar-refractivity contribution in [1.82, 2.24) is 5.32 Å². The van der Waals surface area contributed by atoms with Gasteiger partial charge in [-0.2, -0.15) is 0 Å². The van der Waals surface area contributed by atoms with Crippen LogP contribution < -0.4 is 5.32 Å². The van der Waals surface area contributed by atoms with Crippen LogP contribution >= 0.6 is 0 Å². The van der Waals surface area contributed by atoms with Gasteiger partial charge in [-0.25, -0.2) is 0 Å². The van der Waals surface area contributed by atoms with E-state index in [9.17, 15) is 45.6 Å². The van der Waals surface area contributed by atoms with Gasteiger partial charge in [-0.3, -0.25) is 4.79 Å². The highest BCUT2D eigenvalue weighted by atomic mass is 16.7. The first-order valence-electron chi connectivity index (χ1n) is 37.7. The Kier molecular flexibility index (Phi) is 56.1. The van der Waals surface area contributed by atoms with E-state index in [1.807, 2.05) is 6.08 Å². The number of rotatable bonds is 63. The van der Waals surface area contributed by atoms with Gasteiger partial charge in [0.2, 0.25) is 5.91 Å². The van der Waals surface area contributed by atoms with Gasteiger partial charge in [0.25, 0.3) is 0 Å². The van der Waals surface area contributed by atoms with Crippen LogP contribution in [-0.4, -0.2) is 140 Å². The fourth-order valence-corrected chi connectivity index (χ4v) is 12.5. The van der Waals surface area contributed by atoms with Crippen molar-refractivity contribution in [3.05, 3.63) is 36.5 Å². The molecular formula is C75H141NO13. The summed E-state index contributed by atoms with van der Waals surface area (Å²) in [5.41, 5.74) is 0. The highest BCUT2D eigenvalue weighted by molar-refractivity contribution is 5.76. The van der Waals surface area contributed by atoms with Crippen molar-refractivity contribution in [2.45, 2.75) is 415 Å². The third-order valence-corrected chi connectivity index (χ3v) is 18.5. The van der Waals surface area contributed by atoms with Crippen molar-refractivity contribution >= 4 is 5.91 Å². The summed E-state index contributed by atoms with van der Waals surface area (Å²) >= 11 is 0. The molecule has 89 heavy (non-hydrogen) atoms. The molecule has 12 atom stereocenters. The van der Waals surface area contributed by atoms with Crippen LogP contribution in [0.2, 0.25) is 0 Å². The van der Waals surface area contributed by atoms with E-state index in [0.29, 0.717) is 12.8 Å². The Morgan fingerprint density at radius 3 is 1.10 bits per heavy atom. The molecule has 2 saturated heterocycles. The van der Waals surface area contributed by atoms with Crippen molar-refractivity contribution in [3.8, 4) is 0 Å². The van der Waals surface area contributed by atoms with E-state index in [1.54, 1.807) is 6.08 Å². The number of ether oxygens (including phenoxy) is 4. The predicted octanol–water partition coefficient (Wildman–Crippen LogP) is 16.1. The molecule has 2 aliphatic heterocycles. The van der Waals surface area contributed by atoms with Crippen molar-refractivity contribution in [2.24, 2.45) is 0 Å². The zero-order valence-corrected chi connectivity index (χ0v) is 57.2. The minimum atomic E-state index is -1.79. The Balaban J connectivity index is 1.66. The Hall–Kier alpha value is -1.79. The van der Waals surface area contributed by atoms with Crippen molar-refractivity contribution < 1.29 is 64.6 Å². The predicted molar refractivity (Wildman–Crippen MR) is 365 cm³/mol. The molecule has 0 aromatic rings. The van der Waals surface area contributed by atoms with Crippen LogP contribution in [-0.2, 0) is 23.7 Å². The van der Waals surface area contributed by atoms with Crippen LogP contribution in [0.3, 0.4) is 0 Å². The highest BCUT2D eigenvalue weighted by Gasteiger charge is 2.51. The molecule has 14 nitrogen and oxygen atoms in total. The van der Waals surface area contributed by atoms with Gasteiger partial charge in [0.05, 0.1) is 32.0 Å². The summed E-state index contributed by atoms with van der Waals surface area (Å²) in [5, 5.41) is 87.5. The summed E-state index contributed by atoms with van der Waals surface area (Å²) in [5.74, 6) is -0.244. The lowest BCUT2D eigenvalue weighted by molar-refractivity contribution is -0.359. The lowest BCUT2D eigenvalue weighted by Crippen LogP contribution is -2.65. The van der Waals surface area contributed by atoms with Crippen LogP contribution in [0.15, 0.2) is 36.5 Å². The van der Waals surface area contributed by atoms with E-state index in [0.717, 1.165) is 32.1 Å². The molecule has 0 radical (unpaired) electrons. The molecule has 0 aromatic carbocycles. The number of hydrogen-bond acceptors (Lipinski definition) is 13. The van der Waals surface area contributed by atoms with Crippen LogP contribution in [0.5, 0.6) is 0 Å². The van der Waals surface area contributed by atoms with E-state index in [4.69, 9.17) is 18.9 Å². The topological polar surface area (TPSA) is 228 Å². The summed E-state index contributed by atoms with van der Waals surface area (Å²) in [6.45, 7) is 2.84. The summed E-state index contributed by atoms with van der Waals surface area (Å²) in [7, 11) is 0. The molecule has 0 bridgehead atoms. The monoisotopic (exact) mass is 1260 g/mol. The molecule has 2 heterocycles. The number of nitrogens with one attached hydrogen (secondary N) is 1. The third kappa shape index (κ3) is 43.7.